The van der Waals surface area contributed by atoms with E-state index in [2.05, 4.69) is 26.3 Å². The Bertz CT molecular complexity index is 286. The number of nitrogens with zero attached hydrogens (tertiary/aromatic N) is 4. The van der Waals surface area contributed by atoms with Gasteiger partial charge in [-0.15, -0.1) is 0 Å². The number of aromatic nitrogens is 3. The number of nitrogens with one attached hydrogen (secondary N) is 1. The van der Waals surface area contributed by atoms with E-state index in [0.717, 1.165) is 0 Å². The van der Waals surface area contributed by atoms with Crippen LogP contribution in [0.5, 0.6) is 0 Å². The Morgan fingerprint density at radius 2 is 2.00 bits per heavy atom. The first-order valence-electron chi connectivity index (χ1n) is 3.45. The summed E-state index contributed by atoms with van der Waals surface area (Å²) in [6.45, 7) is 3.49. The predicted octanol–water partition coefficient (Wildman–Crippen LogP) is 0.586. The second kappa shape index (κ2) is 3.13. The lowest BCUT2D eigenvalue weighted by Crippen LogP contribution is -2.29. The fourth-order valence-electron chi connectivity index (χ4n) is 0.611. The van der Waals surface area contributed by atoms with Gasteiger partial charge in [0.15, 0.2) is 0 Å². The van der Waals surface area contributed by atoms with E-state index in [4.69, 9.17) is 5.26 Å². The SMILES string of the molecule is CC(C)(C#N)Nc1ncncn1. The maximum atomic E-state index is 8.67. The third-order valence-electron chi connectivity index (χ3n) is 1.20. The van der Waals surface area contributed by atoms with E-state index in [9.17, 15) is 0 Å². The summed E-state index contributed by atoms with van der Waals surface area (Å²) < 4.78 is 0. The number of hydrogen-bond acceptors (Lipinski definition) is 5. The van der Waals surface area contributed by atoms with Crippen molar-refractivity contribution in [1.29, 1.82) is 5.26 Å². The Morgan fingerprint density at radius 3 is 2.50 bits per heavy atom. The maximum absolute atomic E-state index is 8.67. The largest absolute Gasteiger partial charge is 0.336 e. The molecule has 1 aromatic heterocycles. The van der Waals surface area contributed by atoms with Crippen molar-refractivity contribution in [3.63, 3.8) is 0 Å². The van der Waals surface area contributed by atoms with Crippen LogP contribution in [0.3, 0.4) is 0 Å². The zero-order chi connectivity index (χ0) is 9.03. The van der Waals surface area contributed by atoms with Crippen LogP contribution in [0.4, 0.5) is 5.95 Å². The van der Waals surface area contributed by atoms with Gasteiger partial charge in [-0.05, 0) is 13.8 Å². The summed E-state index contributed by atoms with van der Waals surface area (Å²) in [5.41, 5.74) is -0.651. The summed E-state index contributed by atoms with van der Waals surface area (Å²) in [6, 6.07) is 2.08. The van der Waals surface area contributed by atoms with Crippen molar-refractivity contribution in [3.8, 4) is 6.07 Å². The molecule has 1 N–H and O–H groups in total. The fraction of sp³-hybridized carbons (Fsp3) is 0.429. The van der Waals surface area contributed by atoms with Crippen LogP contribution in [0.25, 0.3) is 0 Å². The Labute approximate surface area is 70.5 Å². The van der Waals surface area contributed by atoms with Crippen LogP contribution in [-0.2, 0) is 0 Å². The lowest BCUT2D eigenvalue weighted by Gasteiger charge is -2.16. The molecule has 0 fully saturated rings. The van der Waals surface area contributed by atoms with Gasteiger partial charge in [0.1, 0.15) is 18.2 Å². The van der Waals surface area contributed by atoms with Crippen LogP contribution in [0.15, 0.2) is 12.7 Å². The average molecular weight is 163 g/mol. The standard InChI is InChI=1S/C7H9N5/c1-7(2,3-8)12-6-10-4-9-5-11-6/h4-5H,1-2H3,(H,9,10,11,12). The second-order valence-corrected chi connectivity index (χ2v) is 2.82. The molecule has 1 aromatic rings. The molecule has 0 aliphatic rings. The predicted molar refractivity (Wildman–Crippen MR) is 43.1 cm³/mol. The number of anilines is 1. The maximum Gasteiger partial charge on any atom is 0.226 e. The highest BCUT2D eigenvalue weighted by atomic mass is 15.2. The first-order valence-corrected chi connectivity index (χ1v) is 3.45. The summed E-state index contributed by atoms with van der Waals surface area (Å²) in [6.07, 6.45) is 2.76. The molecule has 62 valence electrons. The van der Waals surface area contributed by atoms with Crippen LogP contribution in [0, 0.1) is 11.3 Å². The Hall–Kier alpha value is -1.70. The van der Waals surface area contributed by atoms with Gasteiger partial charge in [0, 0.05) is 0 Å². The number of rotatable bonds is 2. The van der Waals surface area contributed by atoms with Gasteiger partial charge in [-0.2, -0.15) is 5.26 Å². The van der Waals surface area contributed by atoms with E-state index in [0.29, 0.717) is 5.95 Å². The molecule has 0 aromatic carbocycles. The van der Waals surface area contributed by atoms with Gasteiger partial charge in [0.05, 0.1) is 6.07 Å². The van der Waals surface area contributed by atoms with Gasteiger partial charge in [-0.1, -0.05) is 0 Å². The summed E-state index contributed by atoms with van der Waals surface area (Å²) in [5.74, 6) is 0.413. The summed E-state index contributed by atoms with van der Waals surface area (Å²) in [7, 11) is 0. The Balaban J connectivity index is 2.72. The lowest BCUT2D eigenvalue weighted by atomic mass is 10.1. The highest BCUT2D eigenvalue weighted by Crippen LogP contribution is 2.06. The summed E-state index contributed by atoms with van der Waals surface area (Å²) in [5, 5.41) is 11.5. The van der Waals surface area contributed by atoms with E-state index in [1.807, 2.05) is 0 Å². The van der Waals surface area contributed by atoms with Gasteiger partial charge < -0.3 is 5.32 Å². The van der Waals surface area contributed by atoms with Gasteiger partial charge in [-0.3, -0.25) is 0 Å². The molecule has 0 aliphatic heterocycles. The highest BCUT2D eigenvalue weighted by molar-refractivity contribution is 5.30. The van der Waals surface area contributed by atoms with Crippen molar-refractivity contribution < 1.29 is 0 Å². The molecule has 12 heavy (non-hydrogen) atoms. The zero-order valence-electron chi connectivity index (χ0n) is 6.94. The molecule has 0 aliphatic carbocycles. The topological polar surface area (TPSA) is 74.5 Å². The molecule has 0 bridgehead atoms. The Morgan fingerprint density at radius 1 is 1.42 bits per heavy atom. The quantitative estimate of drug-likeness (QED) is 0.690. The molecule has 0 atom stereocenters. The highest BCUT2D eigenvalue weighted by Gasteiger charge is 2.16. The van der Waals surface area contributed by atoms with Crippen molar-refractivity contribution >= 4 is 5.95 Å². The van der Waals surface area contributed by atoms with Gasteiger partial charge in [0.2, 0.25) is 5.95 Å². The number of nitriles is 1. The first kappa shape index (κ1) is 8.40. The van der Waals surface area contributed by atoms with E-state index >= 15 is 0 Å². The molecule has 1 rings (SSSR count). The van der Waals surface area contributed by atoms with Crippen molar-refractivity contribution in [2.75, 3.05) is 5.32 Å². The molecule has 0 radical (unpaired) electrons. The van der Waals surface area contributed by atoms with Gasteiger partial charge in [-0.25, -0.2) is 15.0 Å². The average Bonchev–Trinajstić information content (AvgIpc) is 2.06. The minimum absolute atomic E-state index is 0.413. The lowest BCUT2D eigenvalue weighted by molar-refractivity contribution is 0.715. The minimum Gasteiger partial charge on any atom is -0.336 e. The smallest absolute Gasteiger partial charge is 0.226 e. The molecular weight excluding hydrogens is 154 g/mol. The number of hydrogen-bond donors (Lipinski definition) is 1. The third kappa shape index (κ3) is 2.16. The molecule has 5 nitrogen and oxygen atoms in total. The minimum atomic E-state index is -0.651. The Kier molecular flexibility index (Phi) is 2.19. The summed E-state index contributed by atoms with van der Waals surface area (Å²) >= 11 is 0. The van der Waals surface area contributed by atoms with Crippen molar-refractivity contribution in [1.82, 2.24) is 15.0 Å². The monoisotopic (exact) mass is 163 g/mol. The molecule has 0 unspecified atom stereocenters. The third-order valence-corrected chi connectivity index (χ3v) is 1.20. The van der Waals surface area contributed by atoms with Gasteiger partial charge in [0.25, 0.3) is 0 Å². The molecule has 0 saturated heterocycles. The molecular formula is C7H9N5. The molecule has 1 heterocycles. The molecule has 0 spiro atoms. The van der Waals surface area contributed by atoms with Gasteiger partial charge >= 0.3 is 0 Å². The van der Waals surface area contributed by atoms with E-state index in [-0.39, 0.29) is 0 Å². The van der Waals surface area contributed by atoms with Crippen molar-refractivity contribution in [2.24, 2.45) is 0 Å². The van der Waals surface area contributed by atoms with Crippen molar-refractivity contribution in [2.45, 2.75) is 19.4 Å². The molecule has 0 amide bonds. The molecule has 5 heteroatoms. The van der Waals surface area contributed by atoms with Crippen LogP contribution in [0.2, 0.25) is 0 Å². The fourth-order valence-corrected chi connectivity index (χ4v) is 0.611. The first-order chi connectivity index (χ1) is 5.64. The van der Waals surface area contributed by atoms with E-state index in [1.165, 1.54) is 12.7 Å². The van der Waals surface area contributed by atoms with E-state index in [1.54, 1.807) is 13.8 Å². The molecule has 0 saturated carbocycles. The van der Waals surface area contributed by atoms with Crippen LogP contribution in [-0.4, -0.2) is 20.5 Å². The van der Waals surface area contributed by atoms with Crippen molar-refractivity contribution in [3.05, 3.63) is 12.7 Å². The van der Waals surface area contributed by atoms with Crippen LogP contribution < -0.4 is 5.32 Å². The zero-order valence-corrected chi connectivity index (χ0v) is 6.94. The normalized spacial score (nSPS) is 10.4. The summed E-state index contributed by atoms with van der Waals surface area (Å²) in [4.78, 5) is 11.3. The van der Waals surface area contributed by atoms with E-state index < -0.39 is 5.54 Å². The van der Waals surface area contributed by atoms with Crippen LogP contribution in [0.1, 0.15) is 13.8 Å². The second-order valence-electron chi connectivity index (χ2n) is 2.82. The van der Waals surface area contributed by atoms with Crippen LogP contribution >= 0.6 is 0 Å².